The summed E-state index contributed by atoms with van der Waals surface area (Å²) in [6.07, 6.45) is 1.90. The fourth-order valence-corrected chi connectivity index (χ4v) is 9.28. The van der Waals surface area contributed by atoms with Gasteiger partial charge in [0, 0.05) is 40.0 Å². The molecule has 6 aromatic carbocycles. The fraction of sp³-hybridized carbons (Fsp3) is 0.333. The van der Waals surface area contributed by atoms with Crippen LogP contribution in [0.2, 0.25) is 0 Å². The number of hydrogen-bond donors (Lipinski definition) is 1. The van der Waals surface area contributed by atoms with Gasteiger partial charge in [-0.2, -0.15) is 0 Å². The van der Waals surface area contributed by atoms with Crippen LogP contribution in [0, 0.1) is 6.07 Å². The van der Waals surface area contributed by atoms with Crippen molar-refractivity contribution >= 4 is 11.0 Å². The van der Waals surface area contributed by atoms with Gasteiger partial charge in [0.1, 0.15) is 11.6 Å². The fourth-order valence-electron chi connectivity index (χ4n) is 9.28. The molecular formula is C63H70N3OPt-. The van der Waals surface area contributed by atoms with Crippen LogP contribution in [0.15, 0.2) is 128 Å². The largest absolute Gasteiger partial charge is 0.507 e. The van der Waals surface area contributed by atoms with E-state index in [2.05, 4.69) is 222 Å². The molecule has 0 saturated heterocycles. The van der Waals surface area contributed by atoms with Gasteiger partial charge < -0.3 is 5.11 Å². The molecule has 0 aliphatic rings. The summed E-state index contributed by atoms with van der Waals surface area (Å²) in [5, 5.41) is 12.3. The van der Waals surface area contributed by atoms with Crippen molar-refractivity contribution < 1.29 is 27.5 Å². The monoisotopic (exact) mass is 1080 g/mol. The molecule has 0 saturated carbocycles. The molecule has 2 heterocycles. The van der Waals surface area contributed by atoms with Crippen molar-refractivity contribution in [2.75, 3.05) is 0 Å². The van der Waals surface area contributed by atoms with E-state index < -0.39 is 5.89 Å². The van der Waals surface area contributed by atoms with Crippen LogP contribution in [-0.4, -0.2) is 19.6 Å². The minimum atomic E-state index is -0.942. The number of hydrogen-bond acceptors (Lipinski definition) is 3. The van der Waals surface area contributed by atoms with Crippen LogP contribution in [0.1, 0.15) is 156 Å². The molecule has 8 rings (SSSR count). The summed E-state index contributed by atoms with van der Waals surface area (Å²) in [7, 11) is 0. The molecule has 0 aliphatic heterocycles. The number of fused-ring (bicyclic) bond motifs is 1. The number of para-hydroxylation sites is 1. The maximum Gasteiger partial charge on any atom is 0.148 e. The first-order valence-corrected chi connectivity index (χ1v) is 24.1. The van der Waals surface area contributed by atoms with Gasteiger partial charge in [0.25, 0.3) is 0 Å². The van der Waals surface area contributed by atoms with Crippen molar-refractivity contribution in [2.45, 2.75) is 138 Å². The number of aromatic nitrogens is 3. The number of nitrogens with zero attached hydrogens (tertiary/aromatic N) is 3. The van der Waals surface area contributed by atoms with Crippen LogP contribution in [0.3, 0.4) is 0 Å². The van der Waals surface area contributed by atoms with Gasteiger partial charge >= 0.3 is 0 Å². The zero-order valence-corrected chi connectivity index (χ0v) is 45.2. The molecule has 1 N–H and O–H groups in total. The molecule has 0 amide bonds. The van der Waals surface area contributed by atoms with Gasteiger partial charge in [-0.3, -0.25) is 9.55 Å². The van der Waals surface area contributed by atoms with E-state index in [1.165, 1.54) is 11.1 Å². The van der Waals surface area contributed by atoms with E-state index >= 15 is 0 Å². The van der Waals surface area contributed by atoms with E-state index in [1.54, 1.807) is 0 Å². The second-order valence-corrected chi connectivity index (χ2v) is 22.5. The van der Waals surface area contributed by atoms with Gasteiger partial charge in [-0.1, -0.05) is 194 Å². The summed E-state index contributed by atoms with van der Waals surface area (Å²) < 4.78 is 11.8. The second-order valence-electron chi connectivity index (χ2n) is 22.5. The Kier molecular flexibility index (Phi) is 13.7. The van der Waals surface area contributed by atoms with Gasteiger partial charge in [0.15, 0.2) is 0 Å². The third kappa shape index (κ3) is 9.95. The number of phenols is 1. The average Bonchev–Trinajstić information content (AvgIpc) is 3.67. The Labute approximate surface area is 423 Å². The summed E-state index contributed by atoms with van der Waals surface area (Å²) >= 11 is 0. The van der Waals surface area contributed by atoms with E-state index in [0.717, 1.165) is 83.6 Å². The SMILES string of the molecule is [2H]C(C)(C)c1cc(-n2c(-c3cc(C(C)C)cc(C(C)C)c3O)nc3c(-c4[c-]c(-c5cc(-c6ccc(C(C)(C)C)cc6)ccn5)cc(C(C)(C)C)c4)cccc32)ccc1-c1ccccc1C(C)(C)C.[Pt]. The standard InChI is InChI=1S/C63H70N3O.Pt/c1-38(2)43-34-53(40(5)6)59(67)54(35-43)60-65-58-49(20-18-22-57(58)66(60)48-27-28-50(52(37-48)39(3)4)51-19-16-17-21-55(51)63(13,14)15)44-31-45(33-47(32-44)62(10,11)12)56-36-42(29-30-64-56)41-23-25-46(26-24-41)61(7,8)9;/h16-30,32-40,67H,1-15H3;/q-1;/i39D;. The van der Waals surface area contributed by atoms with Crippen LogP contribution in [0.25, 0.3) is 72.7 Å². The Morgan fingerprint density at radius 1 is 0.574 bits per heavy atom. The van der Waals surface area contributed by atoms with Crippen molar-refractivity contribution in [1.29, 1.82) is 0 Å². The number of pyridine rings is 1. The number of phenolic OH excluding ortho intramolecular Hbond substituents is 1. The number of rotatable bonds is 9. The Bertz CT molecular complexity index is 3170. The smallest absolute Gasteiger partial charge is 0.148 e. The molecule has 0 spiro atoms. The van der Waals surface area contributed by atoms with E-state index in [4.69, 9.17) is 9.97 Å². The molecule has 5 heteroatoms. The van der Waals surface area contributed by atoms with Crippen molar-refractivity contribution in [3.63, 3.8) is 0 Å². The van der Waals surface area contributed by atoms with Crippen molar-refractivity contribution in [3.8, 4) is 67.5 Å². The van der Waals surface area contributed by atoms with Crippen LogP contribution < -0.4 is 0 Å². The maximum atomic E-state index is 12.3. The average molecular weight is 1080 g/mol. The summed E-state index contributed by atoms with van der Waals surface area (Å²) in [6, 6.07) is 47.2. The van der Waals surface area contributed by atoms with Gasteiger partial charge in [-0.05, 0) is 114 Å². The third-order valence-corrected chi connectivity index (χ3v) is 13.3. The van der Waals surface area contributed by atoms with Crippen LogP contribution in [0.5, 0.6) is 5.75 Å². The molecule has 8 aromatic rings. The number of benzene rings is 6. The first-order valence-electron chi connectivity index (χ1n) is 24.6. The summed E-state index contributed by atoms with van der Waals surface area (Å²) in [5.41, 5.74) is 17.7. The second kappa shape index (κ2) is 19.1. The Morgan fingerprint density at radius 3 is 1.87 bits per heavy atom. The maximum absolute atomic E-state index is 12.3. The molecule has 4 nitrogen and oxygen atoms in total. The molecular weight excluding hydrogens is 1010 g/mol. The van der Waals surface area contributed by atoms with E-state index in [1.807, 2.05) is 20.0 Å². The molecule has 0 bridgehead atoms. The first-order chi connectivity index (χ1) is 31.8. The summed E-state index contributed by atoms with van der Waals surface area (Å²) in [5.74, 6) is 0.248. The molecule has 354 valence electrons. The Balaban J connectivity index is 0.00000703. The van der Waals surface area contributed by atoms with Crippen molar-refractivity contribution in [2.24, 2.45) is 0 Å². The molecule has 0 unspecified atom stereocenters. The Hall–Kier alpha value is -5.57. The quantitative estimate of drug-likeness (QED) is 0.147. The van der Waals surface area contributed by atoms with Crippen molar-refractivity contribution in [1.82, 2.24) is 14.5 Å². The van der Waals surface area contributed by atoms with Gasteiger partial charge in [0.05, 0.1) is 16.6 Å². The minimum Gasteiger partial charge on any atom is -0.507 e. The molecule has 0 fully saturated rings. The summed E-state index contributed by atoms with van der Waals surface area (Å²) in [6.45, 7) is 32.8. The molecule has 0 atom stereocenters. The predicted molar refractivity (Wildman–Crippen MR) is 285 cm³/mol. The number of aromatic hydroxyl groups is 1. The van der Waals surface area contributed by atoms with Gasteiger partial charge in [0.2, 0.25) is 0 Å². The summed E-state index contributed by atoms with van der Waals surface area (Å²) in [4.78, 5) is 10.6. The molecule has 2 aromatic heterocycles. The zero-order chi connectivity index (χ0) is 49.2. The van der Waals surface area contributed by atoms with E-state index in [-0.39, 0.29) is 54.9 Å². The molecule has 0 aliphatic carbocycles. The molecule has 68 heavy (non-hydrogen) atoms. The first kappa shape index (κ1) is 48.9. The van der Waals surface area contributed by atoms with Crippen molar-refractivity contribution in [3.05, 3.63) is 167 Å². The zero-order valence-electron chi connectivity index (χ0n) is 43.9. The van der Waals surface area contributed by atoms with Crippen LogP contribution >= 0.6 is 0 Å². The Morgan fingerprint density at radius 2 is 1.24 bits per heavy atom. The van der Waals surface area contributed by atoms with Crippen LogP contribution in [0.4, 0.5) is 0 Å². The molecule has 0 radical (unpaired) electrons. The topological polar surface area (TPSA) is 50.9 Å². The van der Waals surface area contributed by atoms with E-state index in [9.17, 15) is 6.48 Å². The van der Waals surface area contributed by atoms with Crippen LogP contribution in [-0.2, 0) is 37.3 Å². The van der Waals surface area contributed by atoms with E-state index in [0.29, 0.717) is 11.4 Å². The normalized spacial score (nSPS) is 12.8. The van der Waals surface area contributed by atoms with Gasteiger partial charge in [-0.15, -0.1) is 29.3 Å². The third-order valence-electron chi connectivity index (χ3n) is 13.3. The van der Waals surface area contributed by atoms with Gasteiger partial charge in [-0.25, -0.2) is 4.98 Å². The predicted octanol–water partition coefficient (Wildman–Crippen LogP) is 17.5. The number of imidazole rings is 1. The minimum absolute atomic E-state index is 0.